The number of aryl methyl sites for hydroxylation is 2. The summed E-state index contributed by atoms with van der Waals surface area (Å²) in [6, 6.07) is 4.26. The molecule has 0 atom stereocenters. The average molecular weight is 330 g/mol. The van der Waals surface area contributed by atoms with Gasteiger partial charge in [-0.25, -0.2) is 4.98 Å². The number of hydrogen-bond acceptors (Lipinski definition) is 3. The van der Waals surface area contributed by atoms with Crippen LogP contribution in [0.5, 0.6) is 0 Å². The Morgan fingerprint density at radius 1 is 1.39 bits per heavy atom. The van der Waals surface area contributed by atoms with Crippen molar-refractivity contribution in [1.82, 2.24) is 9.55 Å². The molecular formula is C19H26N2OS. The third-order valence-electron chi connectivity index (χ3n) is 3.76. The molecule has 124 valence electrons. The molecule has 0 spiro atoms. The predicted molar refractivity (Wildman–Crippen MR) is 97.8 cm³/mol. The number of nitrogens with zero attached hydrogens (tertiary/aromatic N) is 2. The van der Waals surface area contributed by atoms with Crippen LogP contribution in [0.25, 0.3) is 6.08 Å². The number of imidazole rings is 1. The van der Waals surface area contributed by atoms with Crippen LogP contribution in [0, 0.1) is 0 Å². The predicted octanol–water partition coefficient (Wildman–Crippen LogP) is 4.91. The van der Waals surface area contributed by atoms with E-state index in [1.807, 2.05) is 0 Å². The van der Waals surface area contributed by atoms with E-state index in [-0.39, 0.29) is 5.78 Å². The monoisotopic (exact) mass is 330 g/mol. The highest BCUT2D eigenvalue weighted by molar-refractivity contribution is 7.09. The molecule has 3 nitrogen and oxygen atoms in total. The largest absolute Gasteiger partial charge is 0.334 e. The van der Waals surface area contributed by atoms with Crippen LogP contribution in [0.1, 0.15) is 56.4 Å². The molecule has 2 rings (SSSR count). The van der Waals surface area contributed by atoms with Gasteiger partial charge in [-0.15, -0.1) is 11.3 Å². The maximum Gasteiger partial charge on any atom is 0.131 e. The smallest absolute Gasteiger partial charge is 0.131 e. The van der Waals surface area contributed by atoms with Crippen molar-refractivity contribution in [3.63, 3.8) is 0 Å². The van der Waals surface area contributed by atoms with Gasteiger partial charge in [0.15, 0.2) is 0 Å². The number of thiophene rings is 1. The SMILES string of the molecule is CCCCc1nc(/C=C(/C)Cc2cccs2)cn1CCC(C)=O. The lowest BCUT2D eigenvalue weighted by Gasteiger charge is -2.05. The van der Waals surface area contributed by atoms with Crippen LogP contribution in [-0.2, 0) is 24.2 Å². The molecule has 0 aliphatic rings. The molecule has 4 heteroatoms. The van der Waals surface area contributed by atoms with Crippen LogP contribution in [0.15, 0.2) is 29.3 Å². The van der Waals surface area contributed by atoms with Gasteiger partial charge in [-0.3, -0.25) is 4.79 Å². The van der Waals surface area contributed by atoms with Gasteiger partial charge < -0.3 is 4.57 Å². The van der Waals surface area contributed by atoms with Gasteiger partial charge in [-0.1, -0.05) is 25.0 Å². The Labute approximate surface area is 143 Å². The van der Waals surface area contributed by atoms with Crippen molar-refractivity contribution in [1.29, 1.82) is 0 Å². The highest BCUT2D eigenvalue weighted by Crippen LogP contribution is 2.17. The summed E-state index contributed by atoms with van der Waals surface area (Å²) < 4.78 is 2.15. The zero-order chi connectivity index (χ0) is 16.7. The lowest BCUT2D eigenvalue weighted by Crippen LogP contribution is -2.06. The lowest BCUT2D eigenvalue weighted by atomic mass is 10.1. The van der Waals surface area contributed by atoms with Crippen molar-refractivity contribution >= 4 is 23.2 Å². The molecule has 0 N–H and O–H groups in total. The normalized spacial score (nSPS) is 11.9. The Bertz CT molecular complexity index is 653. The molecule has 0 saturated carbocycles. The first kappa shape index (κ1) is 17.7. The Balaban J connectivity index is 2.12. The summed E-state index contributed by atoms with van der Waals surface area (Å²) in [6.07, 6.45) is 9.07. The fraction of sp³-hybridized carbons (Fsp3) is 0.474. The van der Waals surface area contributed by atoms with E-state index in [0.717, 1.165) is 43.7 Å². The Hall–Kier alpha value is -1.68. The van der Waals surface area contributed by atoms with Gasteiger partial charge in [-0.2, -0.15) is 0 Å². The number of Topliss-reactive ketones (excluding diaryl/α,β-unsaturated/α-hetero) is 1. The fourth-order valence-corrected chi connectivity index (χ4v) is 3.34. The van der Waals surface area contributed by atoms with E-state index < -0.39 is 0 Å². The molecule has 23 heavy (non-hydrogen) atoms. The molecule has 0 fully saturated rings. The first-order chi connectivity index (χ1) is 11.1. The average Bonchev–Trinajstić information content (AvgIpc) is 3.12. The van der Waals surface area contributed by atoms with E-state index in [4.69, 9.17) is 4.98 Å². The summed E-state index contributed by atoms with van der Waals surface area (Å²) in [7, 11) is 0. The molecule has 0 amide bonds. The Morgan fingerprint density at radius 2 is 2.22 bits per heavy atom. The van der Waals surface area contributed by atoms with Gasteiger partial charge in [0.2, 0.25) is 0 Å². The van der Waals surface area contributed by atoms with E-state index in [1.165, 1.54) is 10.5 Å². The second-order valence-electron chi connectivity index (χ2n) is 6.08. The summed E-state index contributed by atoms with van der Waals surface area (Å²) in [6.45, 7) is 6.72. The topological polar surface area (TPSA) is 34.9 Å². The summed E-state index contributed by atoms with van der Waals surface area (Å²) >= 11 is 1.79. The minimum Gasteiger partial charge on any atom is -0.334 e. The number of unbranched alkanes of at least 4 members (excludes halogenated alkanes) is 1. The summed E-state index contributed by atoms with van der Waals surface area (Å²) in [5.41, 5.74) is 2.32. The van der Waals surface area contributed by atoms with Crippen molar-refractivity contribution in [2.75, 3.05) is 0 Å². The van der Waals surface area contributed by atoms with Crippen LogP contribution < -0.4 is 0 Å². The highest BCUT2D eigenvalue weighted by Gasteiger charge is 2.08. The van der Waals surface area contributed by atoms with Crippen molar-refractivity contribution in [2.24, 2.45) is 0 Å². The zero-order valence-electron chi connectivity index (χ0n) is 14.3. The molecule has 0 aliphatic carbocycles. The quantitative estimate of drug-likeness (QED) is 0.654. The molecule has 0 unspecified atom stereocenters. The molecule has 2 aromatic rings. The van der Waals surface area contributed by atoms with Gasteiger partial charge in [0, 0.05) is 36.9 Å². The number of allylic oxidation sites excluding steroid dienone is 1. The Kier molecular flexibility index (Phi) is 6.78. The van der Waals surface area contributed by atoms with E-state index in [2.05, 4.69) is 48.2 Å². The number of hydrogen-bond donors (Lipinski definition) is 0. The molecule has 0 radical (unpaired) electrons. The number of ketones is 1. The molecule has 0 aromatic carbocycles. The summed E-state index contributed by atoms with van der Waals surface area (Å²) in [4.78, 5) is 17.4. The molecule has 0 saturated heterocycles. The Morgan fingerprint density at radius 3 is 2.87 bits per heavy atom. The third kappa shape index (κ3) is 5.79. The second kappa shape index (κ2) is 8.82. The molecule has 2 heterocycles. The number of rotatable bonds is 9. The first-order valence-electron chi connectivity index (χ1n) is 8.33. The number of aromatic nitrogens is 2. The molecule has 0 aliphatic heterocycles. The maximum absolute atomic E-state index is 11.3. The van der Waals surface area contributed by atoms with E-state index in [9.17, 15) is 4.79 Å². The maximum atomic E-state index is 11.3. The van der Waals surface area contributed by atoms with E-state index in [0.29, 0.717) is 6.42 Å². The van der Waals surface area contributed by atoms with Gasteiger partial charge >= 0.3 is 0 Å². The minimum absolute atomic E-state index is 0.228. The molecular weight excluding hydrogens is 304 g/mol. The first-order valence-corrected chi connectivity index (χ1v) is 9.21. The van der Waals surface area contributed by atoms with Crippen LogP contribution in [-0.4, -0.2) is 15.3 Å². The van der Waals surface area contributed by atoms with Crippen molar-refractivity contribution < 1.29 is 4.79 Å². The van der Waals surface area contributed by atoms with Gasteiger partial charge in [0.1, 0.15) is 11.6 Å². The van der Waals surface area contributed by atoms with Gasteiger partial charge in [0.05, 0.1) is 5.69 Å². The fourth-order valence-electron chi connectivity index (χ4n) is 2.54. The summed E-state index contributed by atoms with van der Waals surface area (Å²) in [5.74, 6) is 1.33. The highest BCUT2D eigenvalue weighted by atomic mass is 32.1. The van der Waals surface area contributed by atoms with Crippen LogP contribution in [0.2, 0.25) is 0 Å². The van der Waals surface area contributed by atoms with Crippen LogP contribution in [0.4, 0.5) is 0 Å². The lowest BCUT2D eigenvalue weighted by molar-refractivity contribution is -0.117. The second-order valence-corrected chi connectivity index (χ2v) is 7.11. The summed E-state index contributed by atoms with van der Waals surface area (Å²) in [5, 5.41) is 2.11. The zero-order valence-corrected chi connectivity index (χ0v) is 15.2. The van der Waals surface area contributed by atoms with Crippen LogP contribution in [0.3, 0.4) is 0 Å². The number of carbonyl (C=O) groups is 1. The minimum atomic E-state index is 0.228. The van der Waals surface area contributed by atoms with Crippen molar-refractivity contribution in [2.45, 2.75) is 59.4 Å². The van der Waals surface area contributed by atoms with Gasteiger partial charge in [0.25, 0.3) is 0 Å². The van der Waals surface area contributed by atoms with Crippen molar-refractivity contribution in [3.05, 3.63) is 45.7 Å². The van der Waals surface area contributed by atoms with Crippen molar-refractivity contribution in [3.8, 4) is 0 Å². The molecule has 2 aromatic heterocycles. The van der Waals surface area contributed by atoms with Gasteiger partial charge in [-0.05, 0) is 37.8 Å². The van der Waals surface area contributed by atoms with Crippen LogP contribution >= 0.6 is 11.3 Å². The van der Waals surface area contributed by atoms with E-state index in [1.54, 1.807) is 18.3 Å². The molecule has 0 bridgehead atoms. The van der Waals surface area contributed by atoms with E-state index >= 15 is 0 Å². The third-order valence-corrected chi connectivity index (χ3v) is 4.64. The standard InChI is InChI=1S/C19H26N2OS/c1-4-5-8-19-20-17(14-21(19)10-9-16(3)22)12-15(2)13-18-7-6-11-23-18/h6-7,11-12,14H,4-5,8-10,13H2,1-3H3/b15-12-. The number of carbonyl (C=O) groups excluding carboxylic acids is 1.